The Morgan fingerprint density at radius 1 is 1.22 bits per heavy atom. The standard InChI is InChI=1S/C18H23N3O5S/c1-3-4-9-14(18(23)26-2)21-16(22)12-20-27(24,25)15-10-5-7-13-8-6-11-19-17(13)15/h5-8,10-11,14,20H,3-4,9,12H2,1-2H3,(H,21,22). The first-order valence-corrected chi connectivity index (χ1v) is 10.1. The Labute approximate surface area is 158 Å². The van der Waals surface area contributed by atoms with E-state index in [4.69, 9.17) is 0 Å². The molecule has 0 aliphatic carbocycles. The number of carbonyl (C=O) groups is 2. The first-order chi connectivity index (χ1) is 12.9. The fourth-order valence-corrected chi connectivity index (χ4v) is 3.74. The lowest BCUT2D eigenvalue weighted by Crippen LogP contribution is -2.45. The van der Waals surface area contributed by atoms with E-state index in [0.29, 0.717) is 17.3 Å². The number of benzene rings is 1. The number of esters is 1. The van der Waals surface area contributed by atoms with E-state index in [1.54, 1.807) is 24.3 Å². The number of aromatic nitrogens is 1. The highest BCUT2D eigenvalue weighted by Crippen LogP contribution is 2.20. The quantitative estimate of drug-likeness (QED) is 0.622. The number of para-hydroxylation sites is 1. The van der Waals surface area contributed by atoms with Gasteiger partial charge in [0.15, 0.2) is 0 Å². The summed E-state index contributed by atoms with van der Waals surface area (Å²) >= 11 is 0. The number of pyridine rings is 1. The average Bonchev–Trinajstić information content (AvgIpc) is 2.68. The lowest BCUT2D eigenvalue weighted by molar-refractivity contribution is -0.145. The molecule has 146 valence electrons. The van der Waals surface area contributed by atoms with Crippen LogP contribution in [0.4, 0.5) is 0 Å². The van der Waals surface area contributed by atoms with Gasteiger partial charge in [-0.15, -0.1) is 0 Å². The first-order valence-electron chi connectivity index (χ1n) is 8.59. The van der Waals surface area contributed by atoms with E-state index in [-0.39, 0.29) is 4.90 Å². The molecule has 1 aromatic carbocycles. The molecule has 8 nitrogen and oxygen atoms in total. The topological polar surface area (TPSA) is 114 Å². The van der Waals surface area contributed by atoms with E-state index in [1.807, 2.05) is 6.92 Å². The molecule has 0 saturated carbocycles. The highest BCUT2D eigenvalue weighted by molar-refractivity contribution is 7.89. The second-order valence-electron chi connectivity index (χ2n) is 5.94. The van der Waals surface area contributed by atoms with Crippen molar-refractivity contribution in [3.8, 4) is 0 Å². The molecule has 9 heteroatoms. The number of hydrogen-bond acceptors (Lipinski definition) is 6. The summed E-state index contributed by atoms with van der Waals surface area (Å²) in [6.07, 6.45) is 3.51. The van der Waals surface area contributed by atoms with Gasteiger partial charge in [0.2, 0.25) is 15.9 Å². The largest absolute Gasteiger partial charge is 0.467 e. The second kappa shape index (κ2) is 9.43. The summed E-state index contributed by atoms with van der Waals surface area (Å²) in [4.78, 5) is 28.0. The highest BCUT2D eigenvalue weighted by Gasteiger charge is 2.23. The zero-order valence-electron chi connectivity index (χ0n) is 15.3. The van der Waals surface area contributed by atoms with E-state index in [2.05, 4.69) is 19.8 Å². The van der Waals surface area contributed by atoms with E-state index in [9.17, 15) is 18.0 Å². The number of amides is 1. The third-order valence-corrected chi connectivity index (χ3v) is 5.41. The predicted molar refractivity (Wildman–Crippen MR) is 100 cm³/mol. The molecule has 0 radical (unpaired) electrons. The molecule has 2 rings (SSSR count). The highest BCUT2D eigenvalue weighted by atomic mass is 32.2. The number of rotatable bonds is 9. The summed E-state index contributed by atoms with van der Waals surface area (Å²) in [6, 6.07) is 7.45. The Balaban J connectivity index is 2.07. The number of hydrogen-bond donors (Lipinski definition) is 2. The van der Waals surface area contributed by atoms with Gasteiger partial charge in [0.1, 0.15) is 10.9 Å². The molecule has 0 fully saturated rings. The number of nitrogens with one attached hydrogen (secondary N) is 2. The molecule has 0 aliphatic heterocycles. The molecule has 0 saturated heterocycles. The molecule has 1 unspecified atom stereocenters. The van der Waals surface area contributed by atoms with Crippen molar-refractivity contribution in [1.82, 2.24) is 15.0 Å². The minimum absolute atomic E-state index is 0.0103. The monoisotopic (exact) mass is 393 g/mol. The van der Waals surface area contributed by atoms with Crippen LogP contribution in [0.3, 0.4) is 0 Å². The fourth-order valence-electron chi connectivity index (χ4n) is 2.58. The maximum absolute atomic E-state index is 12.6. The summed E-state index contributed by atoms with van der Waals surface area (Å²) in [5.74, 6) is -1.17. The SMILES string of the molecule is CCCCC(NC(=O)CNS(=O)(=O)c1cccc2cccnc12)C(=O)OC. The Morgan fingerprint density at radius 3 is 2.67 bits per heavy atom. The van der Waals surface area contributed by atoms with Crippen molar-refractivity contribution in [3.05, 3.63) is 36.5 Å². The molecule has 0 bridgehead atoms. The third-order valence-electron chi connectivity index (χ3n) is 3.98. The Morgan fingerprint density at radius 2 is 1.96 bits per heavy atom. The second-order valence-corrected chi connectivity index (χ2v) is 7.68. The lowest BCUT2D eigenvalue weighted by atomic mass is 10.1. The van der Waals surface area contributed by atoms with Crippen LogP contribution < -0.4 is 10.0 Å². The Kier molecular flexibility index (Phi) is 7.26. The maximum Gasteiger partial charge on any atom is 0.328 e. The van der Waals surface area contributed by atoms with Gasteiger partial charge in [0.25, 0.3) is 0 Å². The van der Waals surface area contributed by atoms with Crippen LogP contribution in [0.5, 0.6) is 0 Å². The van der Waals surface area contributed by atoms with Crippen molar-refractivity contribution in [2.75, 3.05) is 13.7 Å². The number of fused-ring (bicyclic) bond motifs is 1. The summed E-state index contributed by atoms with van der Waals surface area (Å²) in [5.41, 5.74) is 0.322. The molecular weight excluding hydrogens is 370 g/mol. The first kappa shape index (κ1) is 20.8. The number of carbonyl (C=O) groups excluding carboxylic acids is 2. The molecular formula is C18H23N3O5S. The van der Waals surface area contributed by atoms with Crippen LogP contribution in [0.1, 0.15) is 26.2 Å². The van der Waals surface area contributed by atoms with Gasteiger partial charge in [0.05, 0.1) is 19.2 Å². The van der Waals surface area contributed by atoms with Crippen molar-refractivity contribution >= 4 is 32.8 Å². The number of ether oxygens (including phenoxy) is 1. The van der Waals surface area contributed by atoms with E-state index >= 15 is 0 Å². The van der Waals surface area contributed by atoms with E-state index in [0.717, 1.165) is 12.8 Å². The van der Waals surface area contributed by atoms with Gasteiger partial charge in [-0.2, -0.15) is 0 Å². The van der Waals surface area contributed by atoms with E-state index < -0.39 is 34.5 Å². The van der Waals surface area contributed by atoms with Crippen LogP contribution >= 0.6 is 0 Å². The molecule has 0 spiro atoms. The zero-order valence-corrected chi connectivity index (χ0v) is 16.1. The average molecular weight is 393 g/mol. The van der Waals surface area contributed by atoms with Crippen molar-refractivity contribution < 1.29 is 22.7 Å². The fraction of sp³-hybridized carbons (Fsp3) is 0.389. The van der Waals surface area contributed by atoms with Crippen LogP contribution in [0.15, 0.2) is 41.4 Å². The predicted octanol–water partition coefficient (Wildman–Crippen LogP) is 1.36. The number of unbranched alkanes of at least 4 members (excludes halogenated alkanes) is 1. The van der Waals surface area contributed by atoms with Gasteiger partial charge in [0, 0.05) is 11.6 Å². The number of sulfonamides is 1. The Bertz CT molecular complexity index is 909. The number of methoxy groups -OCH3 is 1. The van der Waals surface area contributed by atoms with Gasteiger partial charge < -0.3 is 10.1 Å². The van der Waals surface area contributed by atoms with Gasteiger partial charge in [-0.3, -0.25) is 9.78 Å². The van der Waals surface area contributed by atoms with Crippen molar-refractivity contribution in [1.29, 1.82) is 0 Å². The van der Waals surface area contributed by atoms with E-state index in [1.165, 1.54) is 19.4 Å². The summed E-state index contributed by atoms with van der Waals surface area (Å²) in [7, 11) is -2.71. The molecule has 0 aliphatic rings. The maximum atomic E-state index is 12.6. The third kappa shape index (κ3) is 5.48. The van der Waals surface area contributed by atoms with Crippen molar-refractivity contribution in [2.45, 2.75) is 37.1 Å². The zero-order chi connectivity index (χ0) is 19.9. The normalized spacial score (nSPS) is 12.5. The smallest absolute Gasteiger partial charge is 0.328 e. The molecule has 1 heterocycles. The van der Waals surface area contributed by atoms with Crippen LogP contribution in [0.25, 0.3) is 10.9 Å². The van der Waals surface area contributed by atoms with Gasteiger partial charge in [-0.25, -0.2) is 17.9 Å². The van der Waals surface area contributed by atoms with Crippen molar-refractivity contribution in [2.24, 2.45) is 0 Å². The molecule has 1 atom stereocenters. The summed E-state index contributed by atoms with van der Waals surface area (Å²) in [6.45, 7) is 1.47. The minimum Gasteiger partial charge on any atom is -0.467 e. The lowest BCUT2D eigenvalue weighted by Gasteiger charge is -2.16. The summed E-state index contributed by atoms with van der Waals surface area (Å²) in [5, 5.41) is 3.18. The molecule has 27 heavy (non-hydrogen) atoms. The number of nitrogens with zero attached hydrogens (tertiary/aromatic N) is 1. The van der Waals surface area contributed by atoms with Crippen LogP contribution in [0, 0.1) is 0 Å². The van der Waals surface area contributed by atoms with Crippen LogP contribution in [0.2, 0.25) is 0 Å². The van der Waals surface area contributed by atoms with Crippen LogP contribution in [-0.4, -0.2) is 45.0 Å². The van der Waals surface area contributed by atoms with Gasteiger partial charge in [-0.1, -0.05) is 38.0 Å². The minimum atomic E-state index is -3.95. The van der Waals surface area contributed by atoms with Gasteiger partial charge >= 0.3 is 5.97 Å². The van der Waals surface area contributed by atoms with Gasteiger partial charge in [-0.05, 0) is 18.6 Å². The molecule has 1 amide bonds. The van der Waals surface area contributed by atoms with Crippen LogP contribution in [-0.2, 0) is 24.3 Å². The van der Waals surface area contributed by atoms with Crippen molar-refractivity contribution in [3.63, 3.8) is 0 Å². The molecule has 2 N–H and O–H groups in total. The molecule has 2 aromatic rings. The Hall–Kier alpha value is -2.52. The summed E-state index contributed by atoms with van der Waals surface area (Å²) < 4.78 is 32.1. The molecule has 1 aromatic heterocycles.